The Labute approximate surface area is 188 Å². The Morgan fingerprint density at radius 2 is 1.75 bits per heavy atom. The molecule has 0 radical (unpaired) electrons. The highest BCUT2D eigenvalue weighted by Crippen LogP contribution is 2.25. The van der Waals surface area contributed by atoms with E-state index in [1.54, 1.807) is 23.1 Å². The number of anilines is 1. The summed E-state index contributed by atoms with van der Waals surface area (Å²) in [6.07, 6.45) is 1.37. The van der Waals surface area contributed by atoms with Crippen LogP contribution in [0, 0.1) is 12.7 Å². The Bertz CT molecular complexity index is 1350. The lowest BCUT2D eigenvalue weighted by Crippen LogP contribution is -2.50. The Balaban J connectivity index is 1.41. The summed E-state index contributed by atoms with van der Waals surface area (Å²) in [5.41, 5.74) is 2.96. The van der Waals surface area contributed by atoms with E-state index in [1.165, 1.54) is 28.0 Å². The van der Waals surface area contributed by atoms with Gasteiger partial charge in [-0.15, -0.1) is 11.3 Å². The van der Waals surface area contributed by atoms with E-state index in [1.807, 2.05) is 41.5 Å². The van der Waals surface area contributed by atoms with Crippen LogP contribution in [0.15, 0.2) is 64.9 Å². The zero-order chi connectivity index (χ0) is 22.2. The smallest absolute Gasteiger partial charge is 0.271 e. The maximum Gasteiger partial charge on any atom is 0.271 e. The fraction of sp³-hybridized carbons (Fsp3) is 0.208. The summed E-state index contributed by atoms with van der Waals surface area (Å²) in [5, 5.41) is 1.88. The van der Waals surface area contributed by atoms with Crippen molar-refractivity contribution in [2.24, 2.45) is 0 Å². The summed E-state index contributed by atoms with van der Waals surface area (Å²) in [4.78, 5) is 34.9. The first-order chi connectivity index (χ1) is 15.5. The molecule has 1 aliphatic rings. The van der Waals surface area contributed by atoms with Crippen LogP contribution >= 0.6 is 11.3 Å². The molecular formula is C24H21FN4O2S. The van der Waals surface area contributed by atoms with Gasteiger partial charge >= 0.3 is 0 Å². The molecule has 0 saturated carbocycles. The van der Waals surface area contributed by atoms with Crippen molar-refractivity contribution in [2.45, 2.75) is 6.92 Å². The van der Waals surface area contributed by atoms with E-state index in [9.17, 15) is 14.0 Å². The lowest BCUT2D eigenvalue weighted by Gasteiger charge is -2.36. The minimum Gasteiger partial charge on any atom is -0.366 e. The van der Waals surface area contributed by atoms with Gasteiger partial charge in [0.1, 0.15) is 11.4 Å². The summed E-state index contributed by atoms with van der Waals surface area (Å²) < 4.78 is 15.6. The highest BCUT2D eigenvalue weighted by Gasteiger charge is 2.26. The summed E-state index contributed by atoms with van der Waals surface area (Å²) in [6.45, 7) is 3.81. The number of para-hydroxylation sites is 1. The number of benzene rings is 2. The van der Waals surface area contributed by atoms with Gasteiger partial charge in [0.05, 0.1) is 11.4 Å². The van der Waals surface area contributed by atoms with Gasteiger partial charge in [-0.25, -0.2) is 9.37 Å². The van der Waals surface area contributed by atoms with Gasteiger partial charge in [-0.05, 0) is 24.6 Å². The molecular weight excluding hydrogens is 427 g/mol. The SMILES string of the molecule is Cc1ccc(-c2csc3ncc(C(=O)N4CCN(c5ccccc5F)CC4)c(=O)n23)cc1. The van der Waals surface area contributed by atoms with E-state index >= 15 is 0 Å². The van der Waals surface area contributed by atoms with E-state index in [2.05, 4.69) is 4.98 Å². The second-order valence-electron chi connectivity index (χ2n) is 7.81. The lowest BCUT2D eigenvalue weighted by molar-refractivity contribution is 0.0744. The highest BCUT2D eigenvalue weighted by atomic mass is 32.1. The zero-order valence-electron chi connectivity index (χ0n) is 17.5. The number of carbonyl (C=O) groups is 1. The average Bonchev–Trinajstić information content (AvgIpc) is 3.25. The molecule has 162 valence electrons. The van der Waals surface area contributed by atoms with Gasteiger partial charge < -0.3 is 9.80 Å². The molecule has 5 rings (SSSR count). The quantitative estimate of drug-likeness (QED) is 0.478. The minimum atomic E-state index is -0.367. The van der Waals surface area contributed by atoms with Gasteiger partial charge in [-0.2, -0.15) is 0 Å². The number of fused-ring (bicyclic) bond motifs is 1. The van der Waals surface area contributed by atoms with Crippen molar-refractivity contribution < 1.29 is 9.18 Å². The van der Waals surface area contributed by atoms with Gasteiger partial charge in [0, 0.05) is 37.8 Å². The number of hydrogen-bond donors (Lipinski definition) is 0. The van der Waals surface area contributed by atoms with E-state index in [0.29, 0.717) is 36.8 Å². The van der Waals surface area contributed by atoms with Gasteiger partial charge in [0.2, 0.25) is 0 Å². The van der Waals surface area contributed by atoms with E-state index in [4.69, 9.17) is 0 Å². The largest absolute Gasteiger partial charge is 0.366 e. The fourth-order valence-electron chi connectivity index (χ4n) is 3.99. The third-order valence-electron chi connectivity index (χ3n) is 5.78. The van der Waals surface area contributed by atoms with Crippen molar-refractivity contribution in [3.05, 3.63) is 87.4 Å². The molecule has 1 saturated heterocycles. The van der Waals surface area contributed by atoms with Crippen LogP contribution in [-0.2, 0) is 0 Å². The molecule has 1 fully saturated rings. The highest BCUT2D eigenvalue weighted by molar-refractivity contribution is 7.15. The Kier molecular flexibility index (Phi) is 5.22. The first-order valence-electron chi connectivity index (χ1n) is 10.4. The average molecular weight is 449 g/mol. The number of aromatic nitrogens is 2. The molecule has 32 heavy (non-hydrogen) atoms. The Hall–Kier alpha value is -3.52. The van der Waals surface area contributed by atoms with Crippen LogP contribution in [0.2, 0.25) is 0 Å². The number of nitrogens with zero attached hydrogens (tertiary/aromatic N) is 4. The molecule has 4 aromatic rings. The van der Waals surface area contributed by atoms with Crippen molar-refractivity contribution in [3.63, 3.8) is 0 Å². The maximum atomic E-state index is 14.1. The first kappa shape index (κ1) is 20.4. The Morgan fingerprint density at radius 1 is 1.03 bits per heavy atom. The van der Waals surface area contributed by atoms with Crippen LogP contribution in [0.25, 0.3) is 16.2 Å². The number of halogens is 1. The van der Waals surface area contributed by atoms with Gasteiger partial charge in [0.25, 0.3) is 11.5 Å². The minimum absolute atomic E-state index is 0.0496. The first-order valence-corrected chi connectivity index (χ1v) is 11.3. The number of aryl methyl sites for hydroxylation is 1. The molecule has 1 amide bonds. The van der Waals surface area contributed by atoms with Crippen LogP contribution < -0.4 is 10.5 Å². The van der Waals surface area contributed by atoms with Gasteiger partial charge in [0.15, 0.2) is 4.96 Å². The molecule has 0 N–H and O–H groups in total. The number of rotatable bonds is 3. The van der Waals surface area contributed by atoms with Crippen LogP contribution in [0.1, 0.15) is 15.9 Å². The zero-order valence-corrected chi connectivity index (χ0v) is 18.3. The van der Waals surface area contributed by atoms with E-state index < -0.39 is 0 Å². The monoisotopic (exact) mass is 448 g/mol. The van der Waals surface area contributed by atoms with Crippen molar-refractivity contribution >= 4 is 27.9 Å². The maximum absolute atomic E-state index is 14.1. The van der Waals surface area contributed by atoms with Crippen LogP contribution in [0.4, 0.5) is 10.1 Å². The van der Waals surface area contributed by atoms with Crippen molar-refractivity contribution in [1.82, 2.24) is 14.3 Å². The molecule has 0 spiro atoms. The molecule has 0 aliphatic carbocycles. The fourth-order valence-corrected chi connectivity index (χ4v) is 4.85. The number of carbonyl (C=O) groups excluding carboxylic acids is 1. The van der Waals surface area contributed by atoms with Gasteiger partial charge in [-0.3, -0.25) is 14.0 Å². The van der Waals surface area contributed by atoms with Crippen LogP contribution in [0.3, 0.4) is 0 Å². The number of thiazole rings is 1. The summed E-state index contributed by atoms with van der Waals surface area (Å²) >= 11 is 1.37. The molecule has 2 aromatic heterocycles. The molecule has 0 unspecified atom stereocenters. The van der Waals surface area contributed by atoms with E-state index in [-0.39, 0.29) is 22.8 Å². The molecule has 1 aliphatic heterocycles. The lowest BCUT2D eigenvalue weighted by atomic mass is 10.1. The van der Waals surface area contributed by atoms with Crippen LogP contribution in [-0.4, -0.2) is 46.4 Å². The molecule has 0 bridgehead atoms. The second-order valence-corrected chi connectivity index (χ2v) is 8.65. The van der Waals surface area contributed by atoms with Gasteiger partial charge in [-0.1, -0.05) is 42.0 Å². The normalized spacial score (nSPS) is 14.2. The number of hydrogen-bond acceptors (Lipinski definition) is 5. The van der Waals surface area contributed by atoms with Crippen LogP contribution in [0.5, 0.6) is 0 Å². The van der Waals surface area contributed by atoms with Crippen molar-refractivity contribution in [2.75, 3.05) is 31.1 Å². The third-order valence-corrected chi connectivity index (χ3v) is 6.62. The summed E-state index contributed by atoms with van der Waals surface area (Å²) in [5.74, 6) is -0.618. The van der Waals surface area contributed by atoms with Crippen molar-refractivity contribution in [1.29, 1.82) is 0 Å². The number of amides is 1. The summed E-state index contributed by atoms with van der Waals surface area (Å²) in [6, 6.07) is 14.5. The topological polar surface area (TPSA) is 57.9 Å². The molecule has 8 heteroatoms. The molecule has 2 aromatic carbocycles. The predicted octanol–water partition coefficient (Wildman–Crippen LogP) is 3.83. The molecule has 6 nitrogen and oxygen atoms in total. The van der Waals surface area contributed by atoms with E-state index in [0.717, 1.165) is 16.8 Å². The predicted molar refractivity (Wildman–Crippen MR) is 124 cm³/mol. The standard InChI is InChI=1S/C24H21FN4O2S/c1-16-6-8-17(9-7-16)21-15-32-24-26-14-18(23(31)29(21)24)22(30)28-12-10-27(11-13-28)20-5-3-2-4-19(20)25/h2-9,14-15H,10-13H2,1H3. The second kappa shape index (κ2) is 8.20. The van der Waals surface area contributed by atoms with Crippen molar-refractivity contribution in [3.8, 4) is 11.3 Å². The number of piperazine rings is 1. The Morgan fingerprint density at radius 3 is 2.47 bits per heavy atom. The third kappa shape index (κ3) is 3.56. The summed E-state index contributed by atoms with van der Waals surface area (Å²) in [7, 11) is 0. The molecule has 3 heterocycles. The molecule has 0 atom stereocenters.